The van der Waals surface area contributed by atoms with Crippen molar-refractivity contribution in [3.63, 3.8) is 0 Å². The number of rotatable bonds is 5. The number of nitrogens with two attached hydrogens (primary N) is 1. The summed E-state index contributed by atoms with van der Waals surface area (Å²) < 4.78 is 0. The summed E-state index contributed by atoms with van der Waals surface area (Å²) in [5.41, 5.74) is 8.32. The van der Waals surface area contributed by atoms with E-state index >= 15 is 0 Å². The first-order valence-corrected chi connectivity index (χ1v) is 8.32. The van der Waals surface area contributed by atoms with E-state index < -0.39 is 0 Å². The molecule has 0 aromatic rings. The van der Waals surface area contributed by atoms with Crippen LogP contribution in [0.3, 0.4) is 0 Å². The van der Waals surface area contributed by atoms with Gasteiger partial charge in [-0.05, 0) is 68.1 Å². The molecule has 0 radical (unpaired) electrons. The van der Waals surface area contributed by atoms with Crippen LogP contribution in [0.4, 0.5) is 0 Å². The highest BCUT2D eigenvalue weighted by molar-refractivity contribution is 5.15. The molecule has 104 valence electrons. The van der Waals surface area contributed by atoms with Crippen LogP contribution in [0, 0.1) is 16.7 Å². The van der Waals surface area contributed by atoms with Crippen LogP contribution in [0.2, 0.25) is 0 Å². The molecule has 0 aromatic heterocycles. The third kappa shape index (κ3) is 2.03. The van der Waals surface area contributed by atoms with Crippen molar-refractivity contribution in [2.45, 2.75) is 90.0 Å². The third-order valence-electron chi connectivity index (χ3n) is 6.18. The highest BCUT2D eigenvalue weighted by Gasteiger charge is 2.61. The molecular formula is C17H31N. The van der Waals surface area contributed by atoms with Gasteiger partial charge in [-0.25, -0.2) is 0 Å². The van der Waals surface area contributed by atoms with Crippen LogP contribution in [0.5, 0.6) is 0 Å². The van der Waals surface area contributed by atoms with Gasteiger partial charge < -0.3 is 5.73 Å². The molecule has 2 N–H and O–H groups in total. The van der Waals surface area contributed by atoms with Gasteiger partial charge in [-0.3, -0.25) is 0 Å². The number of hydrogen-bond donors (Lipinski definition) is 1. The normalized spacial score (nSPS) is 49.8. The quantitative estimate of drug-likeness (QED) is 0.754. The molecular weight excluding hydrogens is 218 g/mol. The van der Waals surface area contributed by atoms with E-state index in [1.54, 1.807) is 0 Å². The van der Waals surface area contributed by atoms with E-state index in [-0.39, 0.29) is 5.54 Å². The monoisotopic (exact) mass is 249 g/mol. The zero-order chi connectivity index (χ0) is 12.9. The Morgan fingerprint density at radius 3 is 2.11 bits per heavy atom. The molecule has 4 aliphatic carbocycles. The van der Waals surface area contributed by atoms with E-state index in [1.807, 2.05) is 0 Å². The maximum absolute atomic E-state index is 6.79. The van der Waals surface area contributed by atoms with Crippen LogP contribution in [0.25, 0.3) is 0 Å². The molecule has 4 rings (SSSR count). The fraction of sp³-hybridized carbons (Fsp3) is 1.00. The molecule has 4 aliphatic rings. The average Bonchev–Trinajstić information content (AvgIpc) is 2.22. The molecule has 1 nitrogen and oxygen atoms in total. The summed E-state index contributed by atoms with van der Waals surface area (Å²) in [4.78, 5) is 0. The molecule has 0 aromatic carbocycles. The van der Waals surface area contributed by atoms with E-state index in [9.17, 15) is 0 Å². The maximum atomic E-state index is 6.79. The second-order valence-corrected chi connectivity index (χ2v) is 8.22. The predicted octanol–water partition coefficient (Wildman–Crippen LogP) is 4.64. The van der Waals surface area contributed by atoms with E-state index in [0.717, 1.165) is 5.92 Å². The molecule has 0 heterocycles. The van der Waals surface area contributed by atoms with E-state index in [0.29, 0.717) is 10.8 Å². The van der Waals surface area contributed by atoms with Crippen molar-refractivity contribution in [3.8, 4) is 0 Å². The van der Waals surface area contributed by atoms with Crippen molar-refractivity contribution in [1.29, 1.82) is 0 Å². The average molecular weight is 249 g/mol. The molecule has 4 fully saturated rings. The van der Waals surface area contributed by atoms with E-state index in [4.69, 9.17) is 5.73 Å². The lowest BCUT2D eigenvalue weighted by Crippen LogP contribution is -2.63. The molecule has 18 heavy (non-hydrogen) atoms. The molecule has 4 atom stereocenters. The first kappa shape index (κ1) is 13.0. The summed E-state index contributed by atoms with van der Waals surface area (Å²) in [5, 5.41) is 0. The molecule has 0 saturated heterocycles. The Hall–Kier alpha value is -0.0400. The standard InChI is InChI=1S/C17H31N/c1-3-5-7-16-9-14-8-15(11-16,6-4-2)12-17(18,10-14)13-16/h14H,3-13,18H2,1-2H3. The zero-order valence-electron chi connectivity index (χ0n) is 12.4. The van der Waals surface area contributed by atoms with Gasteiger partial charge in [0.15, 0.2) is 0 Å². The van der Waals surface area contributed by atoms with Gasteiger partial charge in [0.25, 0.3) is 0 Å². The van der Waals surface area contributed by atoms with E-state index in [1.165, 1.54) is 70.6 Å². The highest BCUT2D eigenvalue weighted by atomic mass is 14.8. The summed E-state index contributed by atoms with van der Waals surface area (Å²) in [7, 11) is 0. The van der Waals surface area contributed by atoms with Crippen molar-refractivity contribution in [2.75, 3.05) is 0 Å². The molecule has 0 spiro atoms. The minimum absolute atomic E-state index is 0.225. The van der Waals surface area contributed by atoms with Gasteiger partial charge in [-0.2, -0.15) is 0 Å². The number of hydrogen-bond acceptors (Lipinski definition) is 1. The van der Waals surface area contributed by atoms with Gasteiger partial charge in [-0.15, -0.1) is 0 Å². The second kappa shape index (κ2) is 4.23. The highest BCUT2D eigenvalue weighted by Crippen LogP contribution is 2.68. The SMILES string of the molecule is CCCCC12CC3CC(N)(CC(CCC)(C3)C1)C2. The summed E-state index contributed by atoms with van der Waals surface area (Å²) in [6, 6.07) is 0. The van der Waals surface area contributed by atoms with Gasteiger partial charge >= 0.3 is 0 Å². The first-order valence-electron chi connectivity index (χ1n) is 8.32. The van der Waals surface area contributed by atoms with Gasteiger partial charge in [-0.1, -0.05) is 33.1 Å². The Morgan fingerprint density at radius 1 is 0.889 bits per heavy atom. The molecule has 4 bridgehead atoms. The topological polar surface area (TPSA) is 26.0 Å². The Bertz CT molecular complexity index is 326. The lowest BCUT2D eigenvalue weighted by Gasteiger charge is -2.66. The van der Waals surface area contributed by atoms with Gasteiger partial charge in [0.1, 0.15) is 0 Å². The summed E-state index contributed by atoms with van der Waals surface area (Å²) in [6.45, 7) is 4.70. The zero-order valence-corrected chi connectivity index (χ0v) is 12.4. The fourth-order valence-electron chi connectivity index (χ4n) is 6.57. The fourth-order valence-corrected chi connectivity index (χ4v) is 6.57. The third-order valence-corrected chi connectivity index (χ3v) is 6.18. The lowest BCUT2D eigenvalue weighted by molar-refractivity contribution is -0.129. The summed E-state index contributed by atoms with van der Waals surface area (Å²) in [6.07, 6.45) is 15.6. The van der Waals surface area contributed by atoms with Crippen molar-refractivity contribution in [2.24, 2.45) is 22.5 Å². The first-order chi connectivity index (χ1) is 8.53. The van der Waals surface area contributed by atoms with Crippen molar-refractivity contribution in [1.82, 2.24) is 0 Å². The van der Waals surface area contributed by atoms with E-state index in [2.05, 4.69) is 13.8 Å². The molecule has 0 aliphatic heterocycles. The minimum atomic E-state index is 0.225. The number of unbranched alkanes of at least 4 members (excludes halogenated alkanes) is 1. The van der Waals surface area contributed by atoms with Crippen molar-refractivity contribution in [3.05, 3.63) is 0 Å². The van der Waals surface area contributed by atoms with Crippen LogP contribution in [0.15, 0.2) is 0 Å². The Labute approximate surface area is 113 Å². The van der Waals surface area contributed by atoms with Crippen LogP contribution < -0.4 is 5.73 Å². The Balaban J connectivity index is 1.85. The van der Waals surface area contributed by atoms with Gasteiger partial charge in [0.05, 0.1) is 0 Å². The Morgan fingerprint density at radius 2 is 1.56 bits per heavy atom. The second-order valence-electron chi connectivity index (χ2n) is 8.22. The van der Waals surface area contributed by atoms with Crippen LogP contribution in [0.1, 0.15) is 84.5 Å². The lowest BCUT2D eigenvalue weighted by atomic mass is 9.40. The maximum Gasteiger partial charge on any atom is 0.0167 e. The molecule has 1 heteroatoms. The summed E-state index contributed by atoms with van der Waals surface area (Å²) >= 11 is 0. The minimum Gasteiger partial charge on any atom is -0.325 e. The van der Waals surface area contributed by atoms with Crippen LogP contribution in [-0.4, -0.2) is 5.54 Å². The van der Waals surface area contributed by atoms with Gasteiger partial charge in [0.2, 0.25) is 0 Å². The smallest absolute Gasteiger partial charge is 0.0167 e. The van der Waals surface area contributed by atoms with Crippen LogP contribution >= 0.6 is 0 Å². The Kier molecular flexibility index (Phi) is 3.05. The van der Waals surface area contributed by atoms with Gasteiger partial charge in [0, 0.05) is 5.54 Å². The van der Waals surface area contributed by atoms with Crippen LogP contribution in [-0.2, 0) is 0 Å². The molecule has 0 amide bonds. The molecule has 4 saturated carbocycles. The van der Waals surface area contributed by atoms with Crippen molar-refractivity contribution < 1.29 is 0 Å². The predicted molar refractivity (Wildman–Crippen MR) is 77.4 cm³/mol. The largest absolute Gasteiger partial charge is 0.325 e. The van der Waals surface area contributed by atoms with Crippen molar-refractivity contribution >= 4 is 0 Å². The summed E-state index contributed by atoms with van der Waals surface area (Å²) in [5.74, 6) is 0.967. The molecule has 4 unspecified atom stereocenters.